The van der Waals surface area contributed by atoms with E-state index in [9.17, 15) is 0 Å². The Kier molecular flexibility index (Phi) is 2.99. The van der Waals surface area contributed by atoms with E-state index in [1.54, 1.807) is 6.42 Å². The molecule has 0 amide bonds. The quantitative estimate of drug-likeness (QED) is 0.792. The van der Waals surface area contributed by atoms with Crippen molar-refractivity contribution in [3.8, 4) is 0 Å². The number of hydrogen-bond acceptors (Lipinski definition) is 2. The van der Waals surface area contributed by atoms with Gasteiger partial charge in [0, 0.05) is 31.2 Å². The van der Waals surface area contributed by atoms with E-state index >= 15 is 0 Å². The summed E-state index contributed by atoms with van der Waals surface area (Å²) in [5.41, 5.74) is 0.310. The highest BCUT2D eigenvalue weighted by molar-refractivity contribution is 4.97. The first-order valence-corrected chi connectivity index (χ1v) is 7.54. The highest BCUT2D eigenvalue weighted by Gasteiger charge is 2.44. The van der Waals surface area contributed by atoms with Crippen molar-refractivity contribution in [2.45, 2.75) is 58.0 Å². The van der Waals surface area contributed by atoms with Gasteiger partial charge in [0.15, 0.2) is 0 Å². The lowest BCUT2D eigenvalue weighted by Crippen LogP contribution is -2.60. The second-order valence-electron chi connectivity index (χ2n) is 7.36. The maximum atomic E-state index is 3.63. The van der Waals surface area contributed by atoms with Crippen LogP contribution >= 0.6 is 0 Å². The van der Waals surface area contributed by atoms with Crippen molar-refractivity contribution < 1.29 is 0 Å². The van der Waals surface area contributed by atoms with Crippen LogP contribution in [0.1, 0.15) is 46.5 Å². The van der Waals surface area contributed by atoms with Gasteiger partial charge in [0.05, 0.1) is 0 Å². The normalized spacial score (nSPS) is 42.9. The molecule has 2 heteroatoms. The summed E-state index contributed by atoms with van der Waals surface area (Å²) >= 11 is 0. The number of piperazine rings is 1. The SMILES string of the molecule is CC(C1CC2CCC1C2)N1CCNC(C)(C)C1. The molecule has 4 atom stereocenters. The van der Waals surface area contributed by atoms with Crippen molar-refractivity contribution in [3.05, 3.63) is 0 Å². The van der Waals surface area contributed by atoms with Crippen molar-refractivity contribution in [1.82, 2.24) is 10.2 Å². The fourth-order valence-electron chi connectivity index (χ4n) is 4.68. The topological polar surface area (TPSA) is 15.3 Å². The largest absolute Gasteiger partial charge is 0.309 e. The Morgan fingerprint density at radius 2 is 2.06 bits per heavy atom. The molecule has 1 heterocycles. The molecule has 0 aromatic heterocycles. The first kappa shape index (κ1) is 12.0. The average molecular weight is 236 g/mol. The van der Waals surface area contributed by atoms with Crippen LogP contribution < -0.4 is 5.32 Å². The van der Waals surface area contributed by atoms with Crippen molar-refractivity contribution in [3.63, 3.8) is 0 Å². The first-order valence-electron chi connectivity index (χ1n) is 7.54. The summed E-state index contributed by atoms with van der Waals surface area (Å²) in [5.74, 6) is 3.15. The van der Waals surface area contributed by atoms with Gasteiger partial charge in [-0.1, -0.05) is 6.42 Å². The van der Waals surface area contributed by atoms with Gasteiger partial charge in [0.2, 0.25) is 0 Å². The fourth-order valence-corrected chi connectivity index (χ4v) is 4.68. The molecule has 0 radical (unpaired) electrons. The zero-order valence-corrected chi connectivity index (χ0v) is 11.7. The summed E-state index contributed by atoms with van der Waals surface area (Å²) in [4.78, 5) is 2.75. The number of nitrogens with zero attached hydrogens (tertiary/aromatic N) is 1. The van der Waals surface area contributed by atoms with Crippen LogP contribution in [0.4, 0.5) is 0 Å². The van der Waals surface area contributed by atoms with Gasteiger partial charge in [-0.3, -0.25) is 4.90 Å². The molecule has 3 rings (SSSR count). The molecule has 2 bridgehead atoms. The van der Waals surface area contributed by atoms with Crippen LogP contribution in [0, 0.1) is 17.8 Å². The van der Waals surface area contributed by atoms with Crippen molar-refractivity contribution >= 4 is 0 Å². The summed E-state index contributed by atoms with van der Waals surface area (Å²) in [5, 5.41) is 3.63. The van der Waals surface area contributed by atoms with Gasteiger partial charge in [0.1, 0.15) is 0 Å². The molecule has 0 aromatic carbocycles. The Labute approximate surface area is 106 Å². The van der Waals surface area contributed by atoms with Crippen molar-refractivity contribution in [2.24, 2.45) is 17.8 Å². The Hall–Kier alpha value is -0.0800. The number of hydrogen-bond donors (Lipinski definition) is 1. The molecule has 1 N–H and O–H groups in total. The van der Waals surface area contributed by atoms with E-state index in [0.29, 0.717) is 5.54 Å². The minimum atomic E-state index is 0.310. The lowest BCUT2D eigenvalue weighted by molar-refractivity contribution is 0.0675. The van der Waals surface area contributed by atoms with E-state index in [-0.39, 0.29) is 0 Å². The molecule has 1 aliphatic heterocycles. The third-order valence-corrected chi connectivity index (χ3v) is 5.59. The van der Waals surface area contributed by atoms with Crippen LogP contribution in [0.2, 0.25) is 0 Å². The number of fused-ring (bicyclic) bond motifs is 2. The maximum Gasteiger partial charge on any atom is 0.0252 e. The molecule has 0 spiro atoms. The third kappa shape index (κ3) is 2.26. The zero-order chi connectivity index (χ0) is 12.0. The summed E-state index contributed by atoms with van der Waals surface area (Å²) < 4.78 is 0. The molecule has 98 valence electrons. The van der Waals surface area contributed by atoms with E-state index in [4.69, 9.17) is 0 Å². The summed E-state index contributed by atoms with van der Waals surface area (Å²) in [7, 11) is 0. The van der Waals surface area contributed by atoms with Gasteiger partial charge in [-0.15, -0.1) is 0 Å². The Balaban J connectivity index is 1.64. The van der Waals surface area contributed by atoms with Gasteiger partial charge in [-0.2, -0.15) is 0 Å². The second-order valence-corrected chi connectivity index (χ2v) is 7.36. The molecule has 4 unspecified atom stereocenters. The molecule has 2 saturated carbocycles. The molecule has 2 nitrogen and oxygen atoms in total. The standard InChI is InChI=1S/C15H28N2/c1-11(14-9-12-4-5-13(14)8-12)17-7-6-16-15(2,3)10-17/h11-14,16H,4-10H2,1-3H3. The minimum absolute atomic E-state index is 0.310. The summed E-state index contributed by atoms with van der Waals surface area (Å²) in [6, 6.07) is 0.812. The lowest BCUT2D eigenvalue weighted by Gasteiger charge is -2.45. The zero-order valence-electron chi connectivity index (χ0n) is 11.7. The van der Waals surface area contributed by atoms with E-state index in [1.165, 1.54) is 32.4 Å². The molecule has 17 heavy (non-hydrogen) atoms. The molecule has 2 aliphatic carbocycles. The maximum absolute atomic E-state index is 3.63. The predicted octanol–water partition coefficient (Wildman–Crippen LogP) is 2.49. The van der Waals surface area contributed by atoms with Crippen LogP contribution in [0.25, 0.3) is 0 Å². The van der Waals surface area contributed by atoms with Gasteiger partial charge in [0.25, 0.3) is 0 Å². The molecule has 3 fully saturated rings. The fraction of sp³-hybridized carbons (Fsp3) is 1.00. The average Bonchev–Trinajstić information content (AvgIpc) is 2.88. The van der Waals surface area contributed by atoms with Crippen molar-refractivity contribution in [2.75, 3.05) is 19.6 Å². The van der Waals surface area contributed by atoms with Gasteiger partial charge in [-0.25, -0.2) is 0 Å². The van der Waals surface area contributed by atoms with Crippen LogP contribution in [0.3, 0.4) is 0 Å². The third-order valence-electron chi connectivity index (χ3n) is 5.59. The Morgan fingerprint density at radius 3 is 2.65 bits per heavy atom. The van der Waals surface area contributed by atoms with Crippen LogP contribution in [-0.2, 0) is 0 Å². The van der Waals surface area contributed by atoms with Gasteiger partial charge < -0.3 is 5.32 Å². The summed E-state index contributed by atoms with van der Waals surface area (Å²) in [6.45, 7) is 10.8. The summed E-state index contributed by atoms with van der Waals surface area (Å²) in [6.07, 6.45) is 6.12. The molecular weight excluding hydrogens is 208 g/mol. The second kappa shape index (κ2) is 4.24. The van der Waals surface area contributed by atoms with Crippen molar-refractivity contribution in [1.29, 1.82) is 0 Å². The molecule has 1 saturated heterocycles. The van der Waals surface area contributed by atoms with Gasteiger partial charge >= 0.3 is 0 Å². The molecule has 3 aliphatic rings. The Bertz CT molecular complexity index is 287. The molecule has 0 aromatic rings. The van der Waals surface area contributed by atoms with Crippen LogP contribution in [0.5, 0.6) is 0 Å². The minimum Gasteiger partial charge on any atom is -0.309 e. The van der Waals surface area contributed by atoms with E-state index < -0.39 is 0 Å². The van der Waals surface area contributed by atoms with Crippen LogP contribution in [0.15, 0.2) is 0 Å². The molecular formula is C15H28N2. The first-order chi connectivity index (χ1) is 8.05. The van der Waals surface area contributed by atoms with E-state index in [1.807, 2.05) is 0 Å². The van der Waals surface area contributed by atoms with E-state index in [2.05, 4.69) is 31.0 Å². The number of nitrogens with one attached hydrogen (secondary N) is 1. The van der Waals surface area contributed by atoms with Gasteiger partial charge in [-0.05, 0) is 57.8 Å². The lowest BCUT2D eigenvalue weighted by atomic mass is 9.82. The predicted molar refractivity (Wildman–Crippen MR) is 72.1 cm³/mol. The van der Waals surface area contributed by atoms with Crippen LogP contribution in [-0.4, -0.2) is 36.1 Å². The smallest absolute Gasteiger partial charge is 0.0252 e. The number of rotatable bonds is 2. The Morgan fingerprint density at radius 1 is 1.24 bits per heavy atom. The highest BCUT2D eigenvalue weighted by Crippen LogP contribution is 2.50. The monoisotopic (exact) mass is 236 g/mol. The van der Waals surface area contributed by atoms with E-state index in [0.717, 1.165) is 30.3 Å². The highest BCUT2D eigenvalue weighted by atomic mass is 15.2.